The highest BCUT2D eigenvalue weighted by Gasteiger charge is 2.54. The molecule has 7 nitrogen and oxygen atoms in total. The van der Waals surface area contributed by atoms with Crippen LogP contribution in [0.4, 0.5) is 0 Å². The Hall–Kier alpha value is -2.41. The molecule has 1 N–H and O–H groups in total. The van der Waals surface area contributed by atoms with Gasteiger partial charge in [0.15, 0.2) is 0 Å². The van der Waals surface area contributed by atoms with Crippen molar-refractivity contribution in [2.45, 2.75) is 51.8 Å². The summed E-state index contributed by atoms with van der Waals surface area (Å²) in [6, 6.07) is 8.33. The molecule has 2 aliphatic heterocycles. The second-order valence-electron chi connectivity index (χ2n) is 8.09. The summed E-state index contributed by atoms with van der Waals surface area (Å²) in [4.78, 5) is 42.0. The van der Waals surface area contributed by atoms with Crippen LogP contribution in [0.2, 0.25) is 0 Å². The number of piperidine rings is 1. The molecule has 7 heteroatoms. The first-order chi connectivity index (χ1) is 13.9. The van der Waals surface area contributed by atoms with Crippen LogP contribution < -0.4 is 5.32 Å². The smallest absolute Gasteiger partial charge is 0.256 e. The molecule has 3 rings (SSSR count). The van der Waals surface area contributed by atoms with Crippen LogP contribution in [-0.4, -0.2) is 65.5 Å². The molecule has 0 radical (unpaired) electrons. The molecule has 0 aromatic heterocycles. The zero-order chi connectivity index (χ0) is 21.0. The SMILES string of the molecule is CCCNC(=O)[C@H]1COC2(CCN(C(=O)C(C)C)CC2)N1C(=O)c1ccccc1. The van der Waals surface area contributed by atoms with Gasteiger partial charge in [0.25, 0.3) is 5.91 Å². The van der Waals surface area contributed by atoms with Gasteiger partial charge in [-0.1, -0.05) is 39.0 Å². The number of likely N-dealkylation sites (tertiary alicyclic amines) is 1. The van der Waals surface area contributed by atoms with Gasteiger partial charge in [-0.15, -0.1) is 0 Å². The Balaban J connectivity index is 1.85. The molecule has 0 bridgehead atoms. The number of benzene rings is 1. The van der Waals surface area contributed by atoms with Gasteiger partial charge in [0, 0.05) is 44.0 Å². The first-order valence-electron chi connectivity index (χ1n) is 10.5. The van der Waals surface area contributed by atoms with Gasteiger partial charge in [-0.05, 0) is 18.6 Å². The van der Waals surface area contributed by atoms with E-state index in [1.165, 1.54) is 0 Å². The lowest BCUT2D eigenvalue weighted by Gasteiger charge is -2.44. The largest absolute Gasteiger partial charge is 0.354 e. The fourth-order valence-corrected chi connectivity index (χ4v) is 4.09. The highest BCUT2D eigenvalue weighted by atomic mass is 16.5. The molecule has 0 unspecified atom stereocenters. The quantitative estimate of drug-likeness (QED) is 0.819. The fraction of sp³-hybridized carbons (Fsp3) is 0.591. The molecular weight excluding hydrogens is 370 g/mol. The van der Waals surface area contributed by atoms with Crippen molar-refractivity contribution in [3.05, 3.63) is 35.9 Å². The van der Waals surface area contributed by atoms with E-state index in [4.69, 9.17) is 4.74 Å². The Kier molecular flexibility index (Phi) is 6.57. The highest BCUT2D eigenvalue weighted by molar-refractivity contribution is 5.98. The molecule has 2 heterocycles. The molecule has 0 aliphatic carbocycles. The standard InChI is InChI=1S/C22H31N3O4/c1-4-12-23-19(26)18-15-29-22(10-13-24(14-11-22)20(27)16(2)3)25(18)21(28)17-8-6-5-7-9-17/h5-9,16,18H,4,10-15H2,1-3H3,(H,23,26)/t18-/m1/s1. The number of carbonyl (C=O) groups excluding carboxylic acids is 3. The average Bonchev–Trinajstić information content (AvgIpc) is 3.10. The predicted octanol–water partition coefficient (Wildman–Crippen LogP) is 2.03. The van der Waals surface area contributed by atoms with Gasteiger partial charge in [-0.2, -0.15) is 0 Å². The third kappa shape index (κ3) is 4.29. The molecule has 29 heavy (non-hydrogen) atoms. The van der Waals surface area contributed by atoms with Crippen molar-refractivity contribution in [3.8, 4) is 0 Å². The van der Waals surface area contributed by atoms with Gasteiger partial charge >= 0.3 is 0 Å². The average molecular weight is 402 g/mol. The Bertz CT molecular complexity index is 742. The molecule has 2 saturated heterocycles. The molecular formula is C22H31N3O4. The summed E-state index contributed by atoms with van der Waals surface area (Å²) in [6.45, 7) is 7.52. The maximum Gasteiger partial charge on any atom is 0.256 e. The summed E-state index contributed by atoms with van der Waals surface area (Å²) in [5.41, 5.74) is -0.319. The minimum absolute atomic E-state index is 0.0665. The van der Waals surface area contributed by atoms with Crippen LogP contribution in [0.1, 0.15) is 50.4 Å². The minimum Gasteiger partial charge on any atom is -0.354 e. The second kappa shape index (κ2) is 8.95. The second-order valence-corrected chi connectivity index (χ2v) is 8.09. The van der Waals surface area contributed by atoms with Gasteiger partial charge in [0.05, 0.1) is 6.61 Å². The van der Waals surface area contributed by atoms with Crippen molar-refractivity contribution in [3.63, 3.8) is 0 Å². The zero-order valence-electron chi connectivity index (χ0n) is 17.5. The maximum atomic E-state index is 13.4. The molecule has 2 aliphatic rings. The number of rotatable bonds is 5. The first kappa shape index (κ1) is 21.3. The lowest BCUT2D eigenvalue weighted by Crippen LogP contribution is -2.60. The van der Waals surface area contributed by atoms with Crippen molar-refractivity contribution in [1.82, 2.24) is 15.1 Å². The summed E-state index contributed by atoms with van der Waals surface area (Å²) in [5.74, 6) is -0.351. The van der Waals surface area contributed by atoms with E-state index in [1.54, 1.807) is 17.0 Å². The Morgan fingerprint density at radius 2 is 1.83 bits per heavy atom. The summed E-state index contributed by atoms with van der Waals surface area (Å²) >= 11 is 0. The minimum atomic E-state index is -0.852. The van der Waals surface area contributed by atoms with E-state index in [9.17, 15) is 14.4 Å². The van der Waals surface area contributed by atoms with Crippen LogP contribution in [-0.2, 0) is 14.3 Å². The van der Waals surface area contributed by atoms with E-state index in [2.05, 4.69) is 5.32 Å². The Morgan fingerprint density at radius 1 is 1.17 bits per heavy atom. The van der Waals surface area contributed by atoms with Crippen LogP contribution in [0.3, 0.4) is 0 Å². The molecule has 0 saturated carbocycles. The molecule has 2 fully saturated rings. The van der Waals surface area contributed by atoms with Gasteiger partial charge in [0.2, 0.25) is 11.8 Å². The number of ether oxygens (including phenoxy) is 1. The molecule has 1 spiro atoms. The Morgan fingerprint density at radius 3 is 2.41 bits per heavy atom. The van der Waals surface area contributed by atoms with Gasteiger partial charge in [0.1, 0.15) is 11.8 Å². The maximum absolute atomic E-state index is 13.4. The molecule has 1 aromatic rings. The van der Waals surface area contributed by atoms with E-state index >= 15 is 0 Å². The number of amides is 3. The molecule has 1 aromatic carbocycles. The monoisotopic (exact) mass is 401 g/mol. The number of hydrogen-bond acceptors (Lipinski definition) is 4. The van der Waals surface area contributed by atoms with Crippen molar-refractivity contribution >= 4 is 17.7 Å². The van der Waals surface area contributed by atoms with E-state index < -0.39 is 11.8 Å². The predicted molar refractivity (Wildman–Crippen MR) is 109 cm³/mol. The summed E-state index contributed by atoms with van der Waals surface area (Å²) in [7, 11) is 0. The van der Waals surface area contributed by atoms with E-state index in [-0.39, 0.29) is 30.2 Å². The lowest BCUT2D eigenvalue weighted by atomic mass is 9.95. The summed E-state index contributed by atoms with van der Waals surface area (Å²) in [6.07, 6.45) is 1.83. The van der Waals surface area contributed by atoms with Crippen LogP contribution in [0.15, 0.2) is 30.3 Å². The van der Waals surface area contributed by atoms with Crippen molar-refractivity contribution in [1.29, 1.82) is 0 Å². The summed E-state index contributed by atoms with van der Waals surface area (Å²) in [5, 5.41) is 2.90. The van der Waals surface area contributed by atoms with Crippen molar-refractivity contribution < 1.29 is 19.1 Å². The van der Waals surface area contributed by atoms with E-state index in [0.29, 0.717) is 38.0 Å². The van der Waals surface area contributed by atoms with Crippen LogP contribution >= 0.6 is 0 Å². The zero-order valence-corrected chi connectivity index (χ0v) is 17.5. The third-order valence-electron chi connectivity index (χ3n) is 5.70. The van der Waals surface area contributed by atoms with Gasteiger partial charge in [-0.3, -0.25) is 19.3 Å². The van der Waals surface area contributed by atoms with Crippen molar-refractivity contribution in [2.75, 3.05) is 26.2 Å². The molecule has 3 amide bonds. The number of carbonyl (C=O) groups is 3. The molecule has 158 valence electrons. The number of hydrogen-bond donors (Lipinski definition) is 1. The van der Waals surface area contributed by atoms with Crippen LogP contribution in [0.25, 0.3) is 0 Å². The van der Waals surface area contributed by atoms with E-state index in [0.717, 1.165) is 6.42 Å². The summed E-state index contributed by atoms with van der Waals surface area (Å²) < 4.78 is 6.15. The Labute approximate surface area is 172 Å². The van der Waals surface area contributed by atoms with Crippen LogP contribution in [0, 0.1) is 5.92 Å². The third-order valence-corrected chi connectivity index (χ3v) is 5.70. The fourth-order valence-electron chi connectivity index (χ4n) is 4.09. The van der Waals surface area contributed by atoms with Crippen molar-refractivity contribution in [2.24, 2.45) is 5.92 Å². The van der Waals surface area contributed by atoms with E-state index in [1.807, 2.05) is 43.9 Å². The normalized spacial score (nSPS) is 20.9. The number of nitrogens with zero attached hydrogens (tertiary/aromatic N) is 2. The van der Waals surface area contributed by atoms with Gasteiger partial charge < -0.3 is 15.0 Å². The molecule has 1 atom stereocenters. The first-order valence-corrected chi connectivity index (χ1v) is 10.5. The van der Waals surface area contributed by atoms with Crippen LogP contribution in [0.5, 0.6) is 0 Å². The lowest BCUT2D eigenvalue weighted by molar-refractivity contribution is -0.146. The number of nitrogens with one attached hydrogen (secondary N) is 1. The van der Waals surface area contributed by atoms with Gasteiger partial charge in [-0.25, -0.2) is 0 Å². The topological polar surface area (TPSA) is 79.0 Å². The highest BCUT2D eigenvalue weighted by Crippen LogP contribution is 2.38.